The minimum Gasteiger partial charge on any atom is -0.457 e. The largest absolute Gasteiger partial charge is 0.457 e. The number of para-hydroxylation sites is 1. The number of ether oxygens (including phenoxy) is 2. The molecule has 0 spiro atoms. The van der Waals surface area contributed by atoms with Gasteiger partial charge in [0.2, 0.25) is 0 Å². The Bertz CT molecular complexity index is 600. The van der Waals surface area contributed by atoms with Gasteiger partial charge in [-0.2, -0.15) is 13.2 Å². The third-order valence-electron chi connectivity index (χ3n) is 3.15. The first-order valence-electron chi connectivity index (χ1n) is 7.06. The lowest BCUT2D eigenvalue weighted by atomic mass is 10.1. The van der Waals surface area contributed by atoms with E-state index < -0.39 is 25.3 Å². The highest BCUT2D eigenvalue weighted by molar-refractivity contribution is 5.33. The molecule has 0 bridgehead atoms. The Morgan fingerprint density at radius 1 is 0.957 bits per heavy atom. The van der Waals surface area contributed by atoms with Crippen LogP contribution in [0.15, 0.2) is 54.6 Å². The molecule has 1 unspecified atom stereocenters. The lowest BCUT2D eigenvalue weighted by Crippen LogP contribution is -2.30. The van der Waals surface area contributed by atoms with Gasteiger partial charge in [-0.3, -0.25) is 0 Å². The monoisotopic (exact) mass is 326 g/mol. The lowest BCUT2D eigenvalue weighted by Gasteiger charge is -2.17. The molecule has 23 heavy (non-hydrogen) atoms. The molecule has 0 aromatic heterocycles. The summed E-state index contributed by atoms with van der Waals surface area (Å²) in [7, 11) is 0. The summed E-state index contributed by atoms with van der Waals surface area (Å²) in [6.07, 6.45) is -4.47. The summed E-state index contributed by atoms with van der Waals surface area (Å²) in [6, 6.07) is 16.1. The molecule has 0 radical (unpaired) electrons. The molecule has 2 aromatic rings. The van der Waals surface area contributed by atoms with Gasteiger partial charge in [0.15, 0.2) is 0 Å². The standard InChI is InChI=1S/C17H17F3O3/c18-17(19,20)14(10-21)12-22-11-13-5-4-8-16(9-13)23-15-6-2-1-3-7-15/h1-9,14,21H,10-12H2. The van der Waals surface area contributed by atoms with Crippen LogP contribution in [-0.4, -0.2) is 24.5 Å². The number of hydrogen-bond donors (Lipinski definition) is 1. The Hall–Kier alpha value is -2.05. The molecule has 124 valence electrons. The molecule has 0 heterocycles. The maximum atomic E-state index is 12.5. The Morgan fingerprint density at radius 2 is 1.65 bits per heavy atom. The first-order valence-corrected chi connectivity index (χ1v) is 7.06. The van der Waals surface area contributed by atoms with Crippen LogP contribution in [0.2, 0.25) is 0 Å². The van der Waals surface area contributed by atoms with Crippen molar-refractivity contribution in [2.45, 2.75) is 12.8 Å². The molecule has 1 atom stereocenters. The number of rotatable bonds is 7. The summed E-state index contributed by atoms with van der Waals surface area (Å²) in [5.74, 6) is -0.624. The predicted octanol–water partition coefficient (Wildman–Crippen LogP) is 4.17. The minimum absolute atomic E-state index is 0.0125. The van der Waals surface area contributed by atoms with Gasteiger partial charge >= 0.3 is 6.18 Å². The molecule has 2 rings (SSSR count). The van der Waals surface area contributed by atoms with Gasteiger partial charge in [0.25, 0.3) is 0 Å². The molecule has 3 nitrogen and oxygen atoms in total. The van der Waals surface area contributed by atoms with E-state index in [-0.39, 0.29) is 6.61 Å². The van der Waals surface area contributed by atoms with Crippen molar-refractivity contribution >= 4 is 0 Å². The zero-order valence-corrected chi connectivity index (χ0v) is 12.3. The maximum Gasteiger partial charge on any atom is 0.396 e. The molecular formula is C17H17F3O3. The minimum atomic E-state index is -4.47. The SMILES string of the molecule is OCC(COCc1cccc(Oc2ccccc2)c1)C(F)(F)F. The molecule has 0 saturated carbocycles. The van der Waals surface area contributed by atoms with E-state index in [1.165, 1.54) is 0 Å². The van der Waals surface area contributed by atoms with Crippen molar-refractivity contribution in [1.82, 2.24) is 0 Å². The molecule has 0 aliphatic carbocycles. The van der Waals surface area contributed by atoms with Crippen LogP contribution in [0, 0.1) is 5.92 Å². The van der Waals surface area contributed by atoms with Crippen LogP contribution in [0.4, 0.5) is 13.2 Å². The van der Waals surface area contributed by atoms with Gasteiger partial charge in [0.05, 0.1) is 19.8 Å². The molecule has 6 heteroatoms. The molecule has 0 amide bonds. The Kier molecular flexibility index (Phi) is 6.01. The number of alkyl halides is 3. The molecule has 0 aliphatic rings. The van der Waals surface area contributed by atoms with Gasteiger partial charge in [0.1, 0.15) is 17.4 Å². The third kappa shape index (κ3) is 5.58. The highest BCUT2D eigenvalue weighted by atomic mass is 19.4. The summed E-state index contributed by atoms with van der Waals surface area (Å²) in [4.78, 5) is 0. The summed E-state index contributed by atoms with van der Waals surface area (Å²) < 4.78 is 48.2. The van der Waals surface area contributed by atoms with E-state index in [0.717, 1.165) is 0 Å². The van der Waals surface area contributed by atoms with Crippen molar-refractivity contribution in [2.24, 2.45) is 5.92 Å². The normalized spacial score (nSPS) is 12.9. The molecule has 0 saturated heterocycles. The topological polar surface area (TPSA) is 38.7 Å². The van der Waals surface area contributed by atoms with Crippen molar-refractivity contribution in [3.05, 3.63) is 60.2 Å². The van der Waals surface area contributed by atoms with Gasteiger partial charge < -0.3 is 14.6 Å². The average molecular weight is 326 g/mol. The van der Waals surface area contributed by atoms with Crippen LogP contribution >= 0.6 is 0 Å². The number of aliphatic hydroxyl groups excluding tert-OH is 1. The van der Waals surface area contributed by atoms with Gasteiger partial charge in [0, 0.05) is 0 Å². The van der Waals surface area contributed by atoms with E-state index in [1.807, 2.05) is 18.2 Å². The Balaban J connectivity index is 1.90. The first kappa shape index (κ1) is 17.3. The summed E-state index contributed by atoms with van der Waals surface area (Å²) in [5.41, 5.74) is 0.692. The first-order chi connectivity index (χ1) is 11.0. The molecule has 2 aromatic carbocycles. The number of aliphatic hydroxyl groups is 1. The Morgan fingerprint density at radius 3 is 2.30 bits per heavy atom. The van der Waals surface area contributed by atoms with Crippen LogP contribution in [0.1, 0.15) is 5.56 Å². The van der Waals surface area contributed by atoms with E-state index in [1.54, 1.807) is 36.4 Å². The van der Waals surface area contributed by atoms with Gasteiger partial charge in [-0.15, -0.1) is 0 Å². The van der Waals surface area contributed by atoms with E-state index >= 15 is 0 Å². The number of benzene rings is 2. The van der Waals surface area contributed by atoms with Crippen molar-refractivity contribution in [3.8, 4) is 11.5 Å². The van der Waals surface area contributed by atoms with Crippen molar-refractivity contribution in [3.63, 3.8) is 0 Å². The van der Waals surface area contributed by atoms with Crippen molar-refractivity contribution < 1.29 is 27.8 Å². The quantitative estimate of drug-likeness (QED) is 0.830. The second-order valence-electron chi connectivity index (χ2n) is 5.00. The summed E-state index contributed by atoms with van der Waals surface area (Å²) in [6.45, 7) is -1.55. The summed E-state index contributed by atoms with van der Waals surface area (Å²) in [5, 5.41) is 8.75. The maximum absolute atomic E-state index is 12.5. The van der Waals surface area contributed by atoms with Crippen LogP contribution < -0.4 is 4.74 Å². The van der Waals surface area contributed by atoms with Crippen LogP contribution in [0.3, 0.4) is 0 Å². The smallest absolute Gasteiger partial charge is 0.396 e. The fourth-order valence-electron chi connectivity index (χ4n) is 1.89. The molecule has 1 N–H and O–H groups in total. The average Bonchev–Trinajstić information content (AvgIpc) is 2.52. The van der Waals surface area contributed by atoms with Crippen LogP contribution in [-0.2, 0) is 11.3 Å². The fraction of sp³-hybridized carbons (Fsp3) is 0.294. The van der Waals surface area contributed by atoms with Crippen molar-refractivity contribution in [2.75, 3.05) is 13.2 Å². The number of hydrogen-bond acceptors (Lipinski definition) is 3. The Labute approximate surface area is 132 Å². The van der Waals surface area contributed by atoms with E-state index in [4.69, 9.17) is 14.6 Å². The number of halogens is 3. The van der Waals surface area contributed by atoms with E-state index in [9.17, 15) is 13.2 Å². The van der Waals surface area contributed by atoms with Crippen LogP contribution in [0.5, 0.6) is 11.5 Å². The van der Waals surface area contributed by atoms with Gasteiger partial charge in [-0.05, 0) is 29.8 Å². The van der Waals surface area contributed by atoms with Gasteiger partial charge in [-0.1, -0.05) is 30.3 Å². The van der Waals surface area contributed by atoms with Crippen molar-refractivity contribution in [1.29, 1.82) is 0 Å². The molecule has 0 aliphatic heterocycles. The summed E-state index contributed by atoms with van der Waals surface area (Å²) >= 11 is 0. The van der Waals surface area contributed by atoms with Gasteiger partial charge in [-0.25, -0.2) is 0 Å². The molecular weight excluding hydrogens is 309 g/mol. The lowest BCUT2D eigenvalue weighted by molar-refractivity contribution is -0.198. The van der Waals surface area contributed by atoms with Crippen LogP contribution in [0.25, 0.3) is 0 Å². The highest BCUT2D eigenvalue weighted by Gasteiger charge is 2.39. The molecule has 0 fully saturated rings. The zero-order chi connectivity index (χ0) is 16.7. The second kappa shape index (κ2) is 7.99. The second-order valence-corrected chi connectivity index (χ2v) is 5.00. The third-order valence-corrected chi connectivity index (χ3v) is 3.15. The van der Waals surface area contributed by atoms with E-state index in [0.29, 0.717) is 17.1 Å². The predicted molar refractivity (Wildman–Crippen MR) is 79.2 cm³/mol. The zero-order valence-electron chi connectivity index (χ0n) is 12.3. The fourth-order valence-corrected chi connectivity index (χ4v) is 1.89. The van der Waals surface area contributed by atoms with E-state index in [2.05, 4.69) is 0 Å². The highest BCUT2D eigenvalue weighted by Crippen LogP contribution is 2.26.